The van der Waals surface area contributed by atoms with E-state index in [1.54, 1.807) is 19.9 Å². The Kier molecular flexibility index (Phi) is 18.6. The number of amides is 1. The molecule has 9 atom stereocenters. The number of nitriles is 1. The fourth-order valence-electron chi connectivity index (χ4n) is 8.07. The summed E-state index contributed by atoms with van der Waals surface area (Å²) in [5, 5.41) is 23.1. The van der Waals surface area contributed by atoms with Crippen LogP contribution in [0, 0.1) is 23.2 Å². The molecular weight excluding hydrogens is 939 g/mol. The number of aliphatic hydroxyl groups is 1. The number of ether oxygens (including phenoxy) is 2. The van der Waals surface area contributed by atoms with E-state index in [-0.39, 0.29) is 64.4 Å². The molecular formula is C39H64N8O15P2Si2. The van der Waals surface area contributed by atoms with Gasteiger partial charge in [-0.15, -0.1) is 0 Å². The van der Waals surface area contributed by atoms with Gasteiger partial charge in [-0.1, -0.05) is 69.2 Å². The quantitative estimate of drug-likeness (QED) is 0.0427. The van der Waals surface area contributed by atoms with Crippen LogP contribution in [0.4, 0.5) is 5.95 Å². The Balaban J connectivity index is 1.62. The van der Waals surface area contributed by atoms with Crippen molar-refractivity contribution in [3.63, 3.8) is 0 Å². The van der Waals surface area contributed by atoms with E-state index in [0.717, 1.165) is 0 Å². The Bertz CT molecular complexity index is 2250. The summed E-state index contributed by atoms with van der Waals surface area (Å²) in [4.78, 5) is 67.4. The van der Waals surface area contributed by atoms with Gasteiger partial charge in [0.25, 0.3) is 5.56 Å². The van der Waals surface area contributed by atoms with Crippen LogP contribution in [-0.4, -0.2) is 118 Å². The molecule has 27 heteroatoms. The van der Waals surface area contributed by atoms with Crippen molar-refractivity contribution in [2.24, 2.45) is 11.8 Å². The van der Waals surface area contributed by atoms with Crippen LogP contribution in [-0.2, 0) is 45.3 Å². The summed E-state index contributed by atoms with van der Waals surface area (Å²) in [5.41, 5.74) is -2.17. The largest absolute Gasteiger partial charge is 0.475 e. The van der Waals surface area contributed by atoms with E-state index in [1.807, 2.05) is 61.5 Å². The molecule has 0 bridgehead atoms. The van der Waals surface area contributed by atoms with Crippen molar-refractivity contribution in [2.75, 3.05) is 25.1 Å². The minimum atomic E-state index is -4.89. The lowest BCUT2D eigenvalue weighted by Gasteiger charge is -2.47. The third-order valence-corrected chi connectivity index (χ3v) is 23.4. The summed E-state index contributed by atoms with van der Waals surface area (Å²) in [6, 6.07) is 3.48. The first-order chi connectivity index (χ1) is 31.1. The van der Waals surface area contributed by atoms with Gasteiger partial charge >= 0.3 is 33.2 Å². The molecule has 3 aromatic heterocycles. The first kappa shape index (κ1) is 53.6. The molecule has 0 radical (unpaired) electrons. The summed E-state index contributed by atoms with van der Waals surface area (Å²) in [7, 11) is -15.7. The lowest BCUT2D eigenvalue weighted by atomic mass is 10.1. The van der Waals surface area contributed by atoms with Crippen LogP contribution in [0.5, 0.6) is 5.88 Å². The van der Waals surface area contributed by atoms with Gasteiger partial charge in [-0.2, -0.15) is 10.2 Å². The fourth-order valence-corrected chi connectivity index (χ4v) is 20.0. The molecule has 1 aliphatic carbocycles. The van der Waals surface area contributed by atoms with Crippen molar-refractivity contribution >= 4 is 56.2 Å². The zero-order valence-corrected chi connectivity index (χ0v) is 42.7. The van der Waals surface area contributed by atoms with Gasteiger partial charge in [-0.25, -0.2) is 19.5 Å². The number of nitrogens with one attached hydrogen (secondary N) is 2. The molecule has 66 heavy (non-hydrogen) atoms. The molecule has 3 aromatic rings. The van der Waals surface area contributed by atoms with Crippen molar-refractivity contribution in [2.45, 2.75) is 147 Å². The van der Waals surface area contributed by atoms with Crippen LogP contribution in [0.1, 0.15) is 94.7 Å². The first-order valence-corrected chi connectivity index (χ1v) is 28.7. The highest BCUT2D eigenvalue weighted by Gasteiger charge is 2.60. The Morgan fingerprint density at radius 3 is 2.35 bits per heavy atom. The molecule has 0 spiro atoms. The number of H-pyrrole nitrogens is 1. The predicted octanol–water partition coefficient (Wildman–Crippen LogP) is 5.38. The molecule has 368 valence electrons. The van der Waals surface area contributed by atoms with Crippen LogP contribution in [0.25, 0.3) is 11.2 Å². The molecule has 1 aliphatic heterocycles. The van der Waals surface area contributed by atoms with E-state index in [4.69, 9.17) is 36.1 Å². The molecule has 2 unspecified atom stereocenters. The zero-order chi connectivity index (χ0) is 48.7. The van der Waals surface area contributed by atoms with Gasteiger partial charge < -0.3 is 37.3 Å². The van der Waals surface area contributed by atoms with Crippen LogP contribution >= 0.6 is 16.1 Å². The maximum absolute atomic E-state index is 15.2. The molecule has 0 aromatic carbocycles. The van der Waals surface area contributed by atoms with Gasteiger partial charge in [0.15, 0.2) is 17.4 Å². The van der Waals surface area contributed by atoms with Gasteiger partial charge in [-0.05, 0) is 28.6 Å². The number of rotatable bonds is 24. The number of nitrogens with zero attached hydrogens (tertiary/aromatic N) is 6. The number of hydrogen-bond donors (Lipinski definition) is 5. The number of anilines is 1. The van der Waals surface area contributed by atoms with Crippen molar-refractivity contribution in [1.29, 1.82) is 5.26 Å². The fraction of sp³-hybridized carbons (Fsp3) is 0.718. The number of hydrogen-bond acceptors (Lipinski definition) is 19. The van der Waals surface area contributed by atoms with Crippen LogP contribution in [0.15, 0.2) is 29.7 Å². The molecule has 23 nitrogen and oxygen atoms in total. The lowest BCUT2D eigenvalue weighted by Crippen LogP contribution is -2.62. The molecule has 4 heterocycles. The highest BCUT2D eigenvalue weighted by Crippen LogP contribution is 2.56. The third kappa shape index (κ3) is 12.5. The monoisotopic (exact) mass is 1000 g/mol. The zero-order valence-electron chi connectivity index (χ0n) is 38.9. The molecule has 1 saturated carbocycles. The topological polar surface area (TPSA) is 311 Å². The first-order valence-electron chi connectivity index (χ1n) is 22.0. The van der Waals surface area contributed by atoms with E-state index >= 15 is 4.57 Å². The van der Waals surface area contributed by atoms with Crippen molar-refractivity contribution in [3.8, 4) is 11.9 Å². The second kappa shape index (κ2) is 22.9. The number of fused-ring (bicyclic) bond motifs is 1. The Morgan fingerprint density at radius 1 is 1.08 bits per heavy atom. The Morgan fingerprint density at radius 2 is 1.77 bits per heavy atom. The van der Waals surface area contributed by atoms with E-state index in [2.05, 4.69) is 30.2 Å². The number of carbonyl (C=O) groups is 1. The number of imidazole rings is 1. The Hall–Kier alpha value is -3.32. The van der Waals surface area contributed by atoms with Gasteiger partial charge in [0, 0.05) is 30.5 Å². The van der Waals surface area contributed by atoms with E-state index in [9.17, 15) is 34.2 Å². The Labute approximate surface area is 386 Å². The minimum Gasteiger partial charge on any atom is -0.474 e. The molecule has 2 aliphatic rings. The number of phosphoric ester groups is 1. The standard InChI is InChI=1S/C39H64N8O15P2Si2/c1-22(2)36(49)45-39-44-35-32(37(50)46-39)43-21-47(35)38-34(33(30(18-48)58-38)61-66(25(7)8,26(9)10)62-65(54,23(3)4)24(5)6)60-64(53,55-15-11-13-40)56-19-27-16-28(17-29(27)59-63(51)52)57-31-12-14-41-20-42-31/h12,14,20-30,33-34,38,48,54,63H,11,15-19H2,1-10H3,(H,51,52)(H2,44,45,46,49,50)/t27-,28-,29+,30-,33-,34-,38-,64?/m0/s1. The number of carbonyl (C=O) groups excluding carboxylic acids is 1. The van der Waals surface area contributed by atoms with Crippen LogP contribution < -0.4 is 15.6 Å². The maximum Gasteiger partial charge on any atom is 0.475 e. The van der Waals surface area contributed by atoms with Gasteiger partial charge in [0.1, 0.15) is 30.7 Å². The summed E-state index contributed by atoms with van der Waals surface area (Å²) >= 11 is 0. The second-order valence-corrected chi connectivity index (χ2v) is 28.9. The molecule has 5 N–H and O–H groups in total. The van der Waals surface area contributed by atoms with E-state index in [1.165, 1.54) is 23.4 Å². The highest BCUT2D eigenvalue weighted by molar-refractivity contribution is 7.48. The number of phosphoric acid groups is 1. The molecule has 5 rings (SSSR count). The van der Waals surface area contributed by atoms with Gasteiger partial charge in [0.05, 0.1) is 44.7 Å². The maximum atomic E-state index is 15.2. The average Bonchev–Trinajstić information content (AvgIpc) is 3.94. The molecule has 1 saturated heterocycles. The number of aromatic amines is 1. The van der Waals surface area contributed by atoms with Crippen LogP contribution in [0.3, 0.4) is 0 Å². The lowest BCUT2D eigenvalue weighted by molar-refractivity contribution is -0.118. The SMILES string of the molecule is CC(C)C(=O)Nc1nc2c(ncn2[C@H]2O[C@@H](CO)[C@H](O[Si](O[Si](O)(C(C)C)C(C)C)(C(C)C)C(C)C)[C@@H]2OP(=O)(OCCC#N)OC[C@@H]2C[C@H](Oc3ccncn3)C[C@H]2O[PH](=O)O)c(=O)[nH]1. The van der Waals surface area contributed by atoms with Crippen molar-refractivity contribution in [3.05, 3.63) is 35.3 Å². The van der Waals surface area contributed by atoms with E-state index < -0.39 is 113 Å². The average molecular weight is 1000 g/mol. The predicted molar refractivity (Wildman–Crippen MR) is 243 cm³/mol. The number of aromatic nitrogens is 6. The van der Waals surface area contributed by atoms with Crippen molar-refractivity contribution < 1.29 is 64.8 Å². The summed E-state index contributed by atoms with van der Waals surface area (Å²) < 4.78 is 79.0. The van der Waals surface area contributed by atoms with E-state index in [0.29, 0.717) is 0 Å². The smallest absolute Gasteiger partial charge is 0.474 e. The normalized spacial score (nSPS) is 24.2. The minimum absolute atomic E-state index is 0.0938. The highest BCUT2D eigenvalue weighted by atomic mass is 31.2. The number of aliphatic hydroxyl groups excluding tert-OH is 1. The van der Waals surface area contributed by atoms with Crippen molar-refractivity contribution in [1.82, 2.24) is 29.5 Å². The van der Waals surface area contributed by atoms with Gasteiger partial charge in [0.2, 0.25) is 17.7 Å². The summed E-state index contributed by atoms with van der Waals surface area (Å²) in [5.74, 6) is -1.56. The van der Waals surface area contributed by atoms with Gasteiger partial charge in [-0.3, -0.25) is 42.6 Å². The third-order valence-electron chi connectivity index (χ3n) is 11.7. The van der Waals surface area contributed by atoms with Crippen LogP contribution in [0.2, 0.25) is 22.2 Å². The molecule has 1 amide bonds. The summed E-state index contributed by atoms with van der Waals surface area (Å²) in [6.45, 7) is 17.0. The second-order valence-electron chi connectivity index (χ2n) is 17.9. The molecule has 2 fully saturated rings. The summed E-state index contributed by atoms with van der Waals surface area (Å²) in [6.07, 6.45) is -2.98.